The minimum Gasteiger partial charge on any atom is -0.461 e. The van der Waals surface area contributed by atoms with Crippen molar-refractivity contribution in [3.8, 4) is 0 Å². The van der Waals surface area contributed by atoms with Gasteiger partial charge in [0.05, 0.1) is 6.42 Å². The normalized spacial score (nSPS) is 10.8. The van der Waals surface area contributed by atoms with E-state index in [0.29, 0.717) is 6.47 Å². The number of ether oxygens (including phenoxy) is 2. The summed E-state index contributed by atoms with van der Waals surface area (Å²) < 4.78 is 10.8. The predicted molar refractivity (Wildman–Crippen MR) is 69.8 cm³/mol. The molecule has 0 heterocycles. The number of halogens is 1. The highest BCUT2D eigenvalue weighted by atomic mass is 79.9. The van der Waals surface area contributed by atoms with Gasteiger partial charge in [-0.25, -0.2) is 0 Å². The third kappa shape index (κ3) is 4.87. The molecule has 0 unspecified atom stereocenters. The van der Waals surface area contributed by atoms with Crippen LogP contribution in [0.3, 0.4) is 0 Å². The molecule has 0 aliphatic heterocycles. The molecule has 0 aliphatic carbocycles. The maximum atomic E-state index is 11.6. The summed E-state index contributed by atoms with van der Waals surface area (Å²) in [6.45, 7) is 3.83. The summed E-state index contributed by atoms with van der Waals surface area (Å²) in [6.07, 6.45) is 0.0240. The van der Waals surface area contributed by atoms with E-state index in [0.717, 1.165) is 10.0 Å². The molecule has 18 heavy (non-hydrogen) atoms. The Labute approximate surface area is 114 Å². The molecule has 0 aromatic heterocycles. The lowest BCUT2D eigenvalue weighted by molar-refractivity contribution is -0.155. The maximum absolute atomic E-state index is 11.6. The summed E-state index contributed by atoms with van der Waals surface area (Å²) in [4.78, 5) is 21.8. The smallest absolute Gasteiger partial charge is 0.310 e. The molecule has 0 atom stereocenters. The highest BCUT2D eigenvalue weighted by Crippen LogP contribution is 2.18. The molecule has 4 nitrogen and oxygen atoms in total. The Kier molecular flexibility index (Phi) is 5.34. The van der Waals surface area contributed by atoms with Crippen LogP contribution >= 0.6 is 15.9 Å². The quantitative estimate of drug-likeness (QED) is 0.598. The largest absolute Gasteiger partial charge is 0.461 e. The molecule has 0 aliphatic rings. The van der Waals surface area contributed by atoms with E-state index in [2.05, 4.69) is 15.9 Å². The number of carbonyl (C=O) groups excluding carboxylic acids is 2. The summed E-state index contributed by atoms with van der Waals surface area (Å²) in [7, 11) is 0. The van der Waals surface area contributed by atoms with Crippen molar-refractivity contribution in [2.24, 2.45) is 0 Å². The zero-order valence-corrected chi connectivity index (χ0v) is 11.9. The fraction of sp³-hybridized carbons (Fsp3) is 0.385. The first kappa shape index (κ1) is 14.7. The maximum Gasteiger partial charge on any atom is 0.310 e. The molecule has 0 saturated carbocycles. The minimum atomic E-state index is -0.841. The fourth-order valence-corrected chi connectivity index (χ4v) is 1.74. The molecule has 0 saturated heterocycles. The molecule has 0 N–H and O–H groups in total. The molecular weight excluding hydrogens is 300 g/mol. The van der Waals surface area contributed by atoms with Crippen LogP contribution in [0.4, 0.5) is 0 Å². The van der Waals surface area contributed by atoms with Crippen LogP contribution in [-0.2, 0) is 25.7 Å². The minimum absolute atomic E-state index is 0.0240. The van der Waals surface area contributed by atoms with Crippen LogP contribution in [0.2, 0.25) is 0 Å². The molecule has 1 rings (SSSR count). The molecule has 1 aromatic carbocycles. The fourth-order valence-electron chi connectivity index (χ4n) is 1.34. The highest BCUT2D eigenvalue weighted by molar-refractivity contribution is 9.10. The van der Waals surface area contributed by atoms with Gasteiger partial charge in [0.2, 0.25) is 0 Å². The van der Waals surface area contributed by atoms with Gasteiger partial charge in [-0.3, -0.25) is 9.59 Å². The third-order valence-electron chi connectivity index (χ3n) is 2.28. The van der Waals surface area contributed by atoms with Gasteiger partial charge in [0.15, 0.2) is 0 Å². The van der Waals surface area contributed by atoms with Gasteiger partial charge in [0.1, 0.15) is 12.2 Å². The van der Waals surface area contributed by atoms with E-state index in [4.69, 9.17) is 9.47 Å². The number of benzene rings is 1. The van der Waals surface area contributed by atoms with E-state index in [1.54, 1.807) is 13.8 Å². The van der Waals surface area contributed by atoms with Crippen molar-refractivity contribution >= 4 is 28.4 Å². The molecule has 5 heteroatoms. The molecule has 1 aromatic rings. The monoisotopic (exact) mass is 314 g/mol. The van der Waals surface area contributed by atoms with Crippen LogP contribution in [0.25, 0.3) is 0 Å². The molecule has 0 radical (unpaired) electrons. The van der Waals surface area contributed by atoms with E-state index >= 15 is 0 Å². The number of hydrogen-bond donors (Lipinski definition) is 0. The van der Waals surface area contributed by atoms with Crippen LogP contribution in [0.5, 0.6) is 0 Å². The van der Waals surface area contributed by atoms with E-state index in [-0.39, 0.29) is 13.0 Å². The van der Waals surface area contributed by atoms with Crippen LogP contribution in [0.15, 0.2) is 28.7 Å². The summed E-state index contributed by atoms with van der Waals surface area (Å²) in [5.74, 6) is -0.405. The van der Waals surface area contributed by atoms with Gasteiger partial charge in [-0.15, -0.1) is 0 Å². The lowest BCUT2D eigenvalue weighted by Gasteiger charge is -2.21. The first-order valence-corrected chi connectivity index (χ1v) is 6.24. The van der Waals surface area contributed by atoms with Crippen molar-refractivity contribution in [3.05, 3.63) is 34.3 Å². The average Bonchev–Trinajstić information content (AvgIpc) is 2.27. The number of hydrogen-bond acceptors (Lipinski definition) is 4. The summed E-state index contributed by atoms with van der Waals surface area (Å²) in [5.41, 5.74) is 0.0483. The van der Waals surface area contributed by atoms with Crippen molar-refractivity contribution in [3.63, 3.8) is 0 Å². The van der Waals surface area contributed by atoms with E-state index in [1.165, 1.54) is 0 Å². The summed E-state index contributed by atoms with van der Waals surface area (Å²) >= 11 is 3.37. The first-order valence-electron chi connectivity index (χ1n) is 5.45. The predicted octanol–water partition coefficient (Wildman–Crippen LogP) is 2.83. The van der Waals surface area contributed by atoms with Gasteiger partial charge < -0.3 is 9.47 Å². The number of esters is 1. The van der Waals surface area contributed by atoms with Crippen molar-refractivity contribution in [2.45, 2.75) is 32.5 Å². The second-order valence-corrected chi connectivity index (χ2v) is 5.26. The van der Waals surface area contributed by atoms with Gasteiger partial charge in [0, 0.05) is 10.0 Å². The molecular formula is C13H15BrO4. The topological polar surface area (TPSA) is 52.6 Å². The Hall–Kier alpha value is -1.36. The summed E-state index contributed by atoms with van der Waals surface area (Å²) in [5, 5.41) is 0. The van der Waals surface area contributed by atoms with Crippen LogP contribution in [-0.4, -0.2) is 18.0 Å². The van der Waals surface area contributed by atoms with Gasteiger partial charge in [-0.05, 0) is 19.9 Å². The highest BCUT2D eigenvalue weighted by Gasteiger charge is 2.24. The average molecular weight is 315 g/mol. The van der Waals surface area contributed by atoms with Gasteiger partial charge >= 0.3 is 5.97 Å². The van der Waals surface area contributed by atoms with Gasteiger partial charge in [-0.2, -0.15) is 0 Å². The van der Waals surface area contributed by atoms with Crippen molar-refractivity contribution in [2.75, 3.05) is 0 Å². The van der Waals surface area contributed by atoms with Crippen LogP contribution in [0, 0.1) is 0 Å². The zero-order chi connectivity index (χ0) is 13.6. The van der Waals surface area contributed by atoms with Crippen molar-refractivity contribution < 1.29 is 19.1 Å². The Morgan fingerprint density at radius 3 is 2.67 bits per heavy atom. The Bertz CT molecular complexity index is 429. The Morgan fingerprint density at radius 1 is 1.39 bits per heavy atom. The SMILES string of the molecule is CC(C)(CC(=O)OCc1ccccc1Br)OC=O. The van der Waals surface area contributed by atoms with Crippen molar-refractivity contribution in [1.29, 1.82) is 0 Å². The van der Waals surface area contributed by atoms with E-state index in [1.807, 2.05) is 24.3 Å². The van der Waals surface area contributed by atoms with Gasteiger partial charge in [0.25, 0.3) is 6.47 Å². The zero-order valence-electron chi connectivity index (χ0n) is 10.3. The van der Waals surface area contributed by atoms with E-state index < -0.39 is 11.6 Å². The molecule has 0 spiro atoms. The Balaban J connectivity index is 2.47. The Morgan fingerprint density at radius 2 is 2.06 bits per heavy atom. The second-order valence-electron chi connectivity index (χ2n) is 4.40. The lowest BCUT2D eigenvalue weighted by atomic mass is 10.1. The number of carbonyl (C=O) groups is 2. The molecule has 0 amide bonds. The third-order valence-corrected chi connectivity index (χ3v) is 3.06. The molecule has 0 bridgehead atoms. The van der Waals surface area contributed by atoms with Crippen LogP contribution in [0.1, 0.15) is 25.8 Å². The first-order chi connectivity index (χ1) is 8.44. The second kappa shape index (κ2) is 6.54. The van der Waals surface area contributed by atoms with E-state index in [9.17, 15) is 9.59 Å². The lowest BCUT2D eigenvalue weighted by Crippen LogP contribution is -2.28. The molecule has 0 fully saturated rings. The standard InChI is InChI=1S/C13H15BrO4/c1-13(2,18-9-15)7-12(16)17-8-10-5-3-4-6-11(10)14/h3-6,9H,7-8H2,1-2H3. The van der Waals surface area contributed by atoms with Gasteiger partial charge in [-0.1, -0.05) is 34.1 Å². The molecule has 98 valence electrons. The van der Waals surface area contributed by atoms with Crippen LogP contribution < -0.4 is 0 Å². The summed E-state index contributed by atoms with van der Waals surface area (Å²) in [6, 6.07) is 7.50. The van der Waals surface area contributed by atoms with Crippen molar-refractivity contribution in [1.82, 2.24) is 0 Å². The number of rotatable bonds is 6.